The Morgan fingerprint density at radius 3 is 2.85 bits per heavy atom. The van der Waals surface area contributed by atoms with Crippen LogP contribution in [-0.2, 0) is 4.79 Å². The molecule has 0 saturated carbocycles. The van der Waals surface area contributed by atoms with E-state index in [1.807, 2.05) is 11.5 Å². The average molecular weight is 268 g/mol. The maximum Gasteiger partial charge on any atom is 0.229 e. The lowest BCUT2D eigenvalue weighted by molar-refractivity contribution is -0.115. The van der Waals surface area contributed by atoms with E-state index in [2.05, 4.69) is 4.98 Å². The first kappa shape index (κ1) is 13.5. The molecule has 1 amide bonds. The Labute approximate surface area is 115 Å². The number of nitrogens with zero attached hydrogens (tertiary/aromatic N) is 3. The number of amides is 1. The second-order valence-electron chi connectivity index (χ2n) is 4.03. The monoisotopic (exact) mass is 268 g/mol. The first-order valence-electron chi connectivity index (χ1n) is 5.82. The van der Waals surface area contributed by atoms with Crippen LogP contribution in [0.1, 0.15) is 12.5 Å². The summed E-state index contributed by atoms with van der Waals surface area (Å²) in [5.74, 6) is 0.106. The molecule has 1 heterocycles. The van der Waals surface area contributed by atoms with Crippen LogP contribution in [0.4, 0.5) is 17.2 Å². The van der Waals surface area contributed by atoms with Crippen molar-refractivity contribution in [1.29, 1.82) is 5.26 Å². The number of rotatable bonds is 3. The Balaban J connectivity index is 2.50. The standard InChI is InChI=1S/C14H12N4O2/c1-10(19)18(13-4-2-3-11(7-13)9-15)14-8-12(17-20)5-6-16-14/h2-8,20H,1H3,(H,16,17). The number of nitriles is 1. The predicted octanol–water partition coefficient (Wildman–Crippen LogP) is 2.44. The van der Waals surface area contributed by atoms with Gasteiger partial charge in [-0.1, -0.05) is 6.07 Å². The van der Waals surface area contributed by atoms with Gasteiger partial charge in [0.05, 0.1) is 23.0 Å². The third-order valence-corrected chi connectivity index (χ3v) is 2.65. The maximum atomic E-state index is 11.9. The van der Waals surface area contributed by atoms with Crippen molar-refractivity contribution in [2.24, 2.45) is 0 Å². The number of carbonyl (C=O) groups excluding carboxylic acids is 1. The molecule has 20 heavy (non-hydrogen) atoms. The highest BCUT2D eigenvalue weighted by Crippen LogP contribution is 2.26. The molecule has 1 aromatic heterocycles. The zero-order chi connectivity index (χ0) is 14.5. The van der Waals surface area contributed by atoms with Crippen LogP contribution >= 0.6 is 0 Å². The Morgan fingerprint density at radius 2 is 2.20 bits per heavy atom. The lowest BCUT2D eigenvalue weighted by Crippen LogP contribution is -2.23. The highest BCUT2D eigenvalue weighted by molar-refractivity contribution is 5.98. The van der Waals surface area contributed by atoms with Crippen LogP contribution in [0.5, 0.6) is 0 Å². The molecule has 0 unspecified atom stereocenters. The van der Waals surface area contributed by atoms with Crippen molar-refractivity contribution in [3.63, 3.8) is 0 Å². The van der Waals surface area contributed by atoms with Gasteiger partial charge in [-0.15, -0.1) is 0 Å². The SMILES string of the molecule is CC(=O)N(c1cccc(C#N)c1)c1cc(NO)ccn1. The van der Waals surface area contributed by atoms with Gasteiger partial charge < -0.3 is 0 Å². The molecule has 2 N–H and O–H groups in total. The van der Waals surface area contributed by atoms with Gasteiger partial charge in [-0.05, 0) is 24.3 Å². The minimum atomic E-state index is -0.248. The molecule has 0 spiro atoms. The second kappa shape index (κ2) is 5.82. The van der Waals surface area contributed by atoms with Gasteiger partial charge in [-0.25, -0.2) is 4.98 Å². The number of pyridine rings is 1. The van der Waals surface area contributed by atoms with Gasteiger partial charge in [0, 0.05) is 19.2 Å². The molecule has 0 bridgehead atoms. The van der Waals surface area contributed by atoms with Crippen molar-refractivity contribution >= 4 is 23.1 Å². The van der Waals surface area contributed by atoms with Crippen LogP contribution in [0.3, 0.4) is 0 Å². The third kappa shape index (κ3) is 2.74. The molecule has 6 nitrogen and oxygen atoms in total. The van der Waals surface area contributed by atoms with E-state index in [1.54, 1.807) is 30.3 Å². The van der Waals surface area contributed by atoms with Crippen molar-refractivity contribution in [3.8, 4) is 6.07 Å². The van der Waals surface area contributed by atoms with E-state index in [1.165, 1.54) is 24.1 Å². The highest BCUT2D eigenvalue weighted by Gasteiger charge is 2.16. The molecule has 0 aliphatic rings. The van der Waals surface area contributed by atoms with Crippen LogP contribution in [-0.4, -0.2) is 16.1 Å². The molecule has 0 radical (unpaired) electrons. The topological polar surface area (TPSA) is 89.2 Å². The summed E-state index contributed by atoms with van der Waals surface area (Å²) in [6.07, 6.45) is 1.47. The van der Waals surface area contributed by atoms with Crippen LogP contribution in [0.25, 0.3) is 0 Å². The van der Waals surface area contributed by atoms with Crippen molar-refractivity contribution in [3.05, 3.63) is 48.2 Å². The number of benzene rings is 1. The fourth-order valence-corrected chi connectivity index (χ4v) is 1.80. The summed E-state index contributed by atoms with van der Waals surface area (Å²) < 4.78 is 0. The van der Waals surface area contributed by atoms with Crippen LogP contribution < -0.4 is 10.4 Å². The summed E-state index contributed by atoms with van der Waals surface area (Å²) in [6, 6.07) is 11.8. The molecule has 2 rings (SSSR count). The molecule has 0 fully saturated rings. The molecule has 0 atom stereocenters. The molecule has 6 heteroatoms. The Bertz CT molecular complexity index is 679. The lowest BCUT2D eigenvalue weighted by atomic mass is 10.2. The van der Waals surface area contributed by atoms with E-state index in [0.29, 0.717) is 22.8 Å². The zero-order valence-electron chi connectivity index (χ0n) is 10.7. The van der Waals surface area contributed by atoms with Gasteiger partial charge in [0.25, 0.3) is 0 Å². The van der Waals surface area contributed by atoms with E-state index >= 15 is 0 Å². The van der Waals surface area contributed by atoms with Crippen LogP contribution in [0.15, 0.2) is 42.6 Å². The molecular formula is C14H12N4O2. The van der Waals surface area contributed by atoms with Crippen molar-refractivity contribution in [2.75, 3.05) is 10.4 Å². The summed E-state index contributed by atoms with van der Waals surface area (Å²) >= 11 is 0. The van der Waals surface area contributed by atoms with E-state index in [4.69, 9.17) is 10.5 Å². The number of carbonyl (C=O) groups is 1. The molecular weight excluding hydrogens is 256 g/mol. The summed E-state index contributed by atoms with van der Waals surface area (Å²) in [6.45, 7) is 1.40. The Kier molecular flexibility index (Phi) is 3.93. The normalized spacial score (nSPS) is 9.65. The molecule has 0 aliphatic carbocycles. The maximum absolute atomic E-state index is 11.9. The van der Waals surface area contributed by atoms with Gasteiger partial charge in [-0.3, -0.25) is 20.4 Å². The smallest absolute Gasteiger partial charge is 0.229 e. The number of hydrogen-bond donors (Lipinski definition) is 2. The van der Waals surface area contributed by atoms with Crippen molar-refractivity contribution in [2.45, 2.75) is 6.92 Å². The number of nitrogens with one attached hydrogen (secondary N) is 1. The molecule has 2 aromatic rings. The predicted molar refractivity (Wildman–Crippen MR) is 73.6 cm³/mol. The van der Waals surface area contributed by atoms with E-state index < -0.39 is 0 Å². The minimum absolute atomic E-state index is 0.248. The van der Waals surface area contributed by atoms with Crippen molar-refractivity contribution in [1.82, 2.24) is 4.98 Å². The zero-order valence-corrected chi connectivity index (χ0v) is 10.7. The Morgan fingerprint density at radius 1 is 1.40 bits per heavy atom. The van der Waals surface area contributed by atoms with Crippen molar-refractivity contribution < 1.29 is 10.0 Å². The van der Waals surface area contributed by atoms with E-state index in [0.717, 1.165) is 0 Å². The largest absolute Gasteiger partial charge is 0.291 e. The van der Waals surface area contributed by atoms with Gasteiger partial charge >= 0.3 is 0 Å². The second-order valence-corrected chi connectivity index (χ2v) is 4.03. The number of anilines is 3. The van der Waals surface area contributed by atoms with Gasteiger partial charge in [0.1, 0.15) is 5.82 Å². The molecule has 0 aliphatic heterocycles. The van der Waals surface area contributed by atoms with Gasteiger partial charge in [0.2, 0.25) is 5.91 Å². The summed E-state index contributed by atoms with van der Waals surface area (Å²) in [4.78, 5) is 17.3. The summed E-state index contributed by atoms with van der Waals surface area (Å²) in [5, 5.41) is 17.8. The molecule has 0 saturated heterocycles. The van der Waals surface area contributed by atoms with E-state index in [9.17, 15) is 4.79 Å². The Hall–Kier alpha value is -2.91. The first-order chi connectivity index (χ1) is 9.65. The molecule has 1 aromatic carbocycles. The summed E-state index contributed by atoms with van der Waals surface area (Å²) in [5.41, 5.74) is 3.41. The highest BCUT2D eigenvalue weighted by atomic mass is 16.5. The number of aromatic nitrogens is 1. The minimum Gasteiger partial charge on any atom is -0.291 e. The summed E-state index contributed by atoms with van der Waals surface area (Å²) in [7, 11) is 0. The van der Waals surface area contributed by atoms with Crippen LogP contribution in [0.2, 0.25) is 0 Å². The lowest BCUT2D eigenvalue weighted by Gasteiger charge is -2.20. The third-order valence-electron chi connectivity index (χ3n) is 2.65. The first-order valence-corrected chi connectivity index (χ1v) is 5.82. The fraction of sp³-hybridized carbons (Fsp3) is 0.0714. The fourth-order valence-electron chi connectivity index (χ4n) is 1.80. The van der Waals surface area contributed by atoms with Gasteiger partial charge in [-0.2, -0.15) is 5.26 Å². The quantitative estimate of drug-likeness (QED) is 0.834. The molecule has 100 valence electrons. The van der Waals surface area contributed by atoms with Crippen LogP contribution in [0, 0.1) is 11.3 Å². The number of hydrogen-bond acceptors (Lipinski definition) is 5. The van der Waals surface area contributed by atoms with Gasteiger partial charge in [0.15, 0.2) is 0 Å². The van der Waals surface area contributed by atoms with E-state index in [-0.39, 0.29) is 5.91 Å². The average Bonchev–Trinajstić information content (AvgIpc) is 2.47.